The number of rotatable bonds is 13. The van der Waals surface area contributed by atoms with Gasteiger partial charge in [0.25, 0.3) is 0 Å². The zero-order valence-electron chi connectivity index (χ0n) is 17.9. The van der Waals surface area contributed by atoms with E-state index in [0.717, 1.165) is 51.4 Å². The third kappa shape index (κ3) is 5.62. The lowest BCUT2D eigenvalue weighted by molar-refractivity contribution is -0.137. The van der Waals surface area contributed by atoms with Gasteiger partial charge in [-0.1, -0.05) is 70.4 Å². The number of nitriles is 4. The van der Waals surface area contributed by atoms with Crippen LogP contribution in [0.2, 0.25) is 0 Å². The molecule has 1 N–H and O–H groups in total. The Hall–Kier alpha value is -2.83. The van der Waals surface area contributed by atoms with Crippen molar-refractivity contribution >= 4 is 5.97 Å². The molecule has 0 aromatic rings. The molecule has 0 radical (unpaired) electrons. The number of unbranched alkanes of at least 4 members (excludes halogenated alkanes) is 7. The standard InChI is InChI=1S/C24H32N4O2/c1-2-3-4-8-11-20-14-15-21(12-9-6-5-7-10-13-22(29)30)24(18-27,19-28)23(20,16-25)17-26/h14-15,20-21H,2-13H2,1H3,(H,29,30). The molecule has 0 saturated heterocycles. The zero-order chi connectivity index (χ0) is 22.5. The van der Waals surface area contributed by atoms with E-state index in [2.05, 4.69) is 31.2 Å². The van der Waals surface area contributed by atoms with Gasteiger partial charge >= 0.3 is 5.97 Å². The topological polar surface area (TPSA) is 132 Å². The van der Waals surface area contributed by atoms with Crippen molar-refractivity contribution in [1.29, 1.82) is 21.0 Å². The molecule has 0 saturated carbocycles. The maximum Gasteiger partial charge on any atom is 0.303 e. The number of carboxylic acid groups (broad SMARTS) is 1. The molecule has 1 aliphatic rings. The van der Waals surface area contributed by atoms with E-state index < -0.39 is 28.6 Å². The van der Waals surface area contributed by atoms with Gasteiger partial charge in [0.05, 0.1) is 24.3 Å². The zero-order valence-corrected chi connectivity index (χ0v) is 17.9. The smallest absolute Gasteiger partial charge is 0.303 e. The van der Waals surface area contributed by atoms with Crippen molar-refractivity contribution in [3.63, 3.8) is 0 Å². The molecule has 30 heavy (non-hydrogen) atoms. The van der Waals surface area contributed by atoms with Crippen LogP contribution in [0, 0.1) is 68.0 Å². The molecule has 0 bridgehead atoms. The first-order valence-electron chi connectivity index (χ1n) is 11.0. The van der Waals surface area contributed by atoms with Crippen molar-refractivity contribution in [1.82, 2.24) is 0 Å². The number of hydrogen-bond donors (Lipinski definition) is 1. The summed E-state index contributed by atoms with van der Waals surface area (Å²) in [5.41, 5.74) is -3.34. The molecule has 6 nitrogen and oxygen atoms in total. The molecule has 0 aliphatic heterocycles. The average Bonchev–Trinajstić information content (AvgIpc) is 2.75. The second-order valence-electron chi connectivity index (χ2n) is 8.21. The van der Waals surface area contributed by atoms with E-state index in [1.165, 1.54) is 0 Å². The predicted octanol–water partition coefficient (Wildman–Crippen LogP) is 5.64. The van der Waals surface area contributed by atoms with Crippen molar-refractivity contribution in [3.8, 4) is 24.3 Å². The molecule has 160 valence electrons. The van der Waals surface area contributed by atoms with Crippen LogP contribution in [0.5, 0.6) is 0 Å². The monoisotopic (exact) mass is 408 g/mol. The summed E-state index contributed by atoms with van der Waals surface area (Å²) >= 11 is 0. The second-order valence-corrected chi connectivity index (χ2v) is 8.21. The van der Waals surface area contributed by atoms with E-state index >= 15 is 0 Å². The Morgan fingerprint density at radius 1 is 0.767 bits per heavy atom. The fraction of sp³-hybridized carbons (Fsp3) is 0.708. The highest BCUT2D eigenvalue weighted by atomic mass is 16.4. The lowest BCUT2D eigenvalue weighted by Crippen LogP contribution is -2.50. The second kappa shape index (κ2) is 12.7. The molecule has 6 heteroatoms. The van der Waals surface area contributed by atoms with Crippen LogP contribution in [0.1, 0.15) is 84.0 Å². The summed E-state index contributed by atoms with van der Waals surface area (Å²) in [5, 5.41) is 48.6. The molecule has 0 aromatic carbocycles. The van der Waals surface area contributed by atoms with Gasteiger partial charge in [-0.25, -0.2) is 0 Å². The Morgan fingerprint density at radius 3 is 1.57 bits per heavy atom. The molecule has 0 aromatic heterocycles. The minimum Gasteiger partial charge on any atom is -0.481 e. The lowest BCUT2D eigenvalue weighted by atomic mass is 9.50. The maximum atomic E-state index is 10.6. The molecule has 0 fully saturated rings. The van der Waals surface area contributed by atoms with Crippen molar-refractivity contribution in [2.45, 2.75) is 84.0 Å². The molecular formula is C24H32N4O2. The Labute approximate surface area is 180 Å². The quantitative estimate of drug-likeness (QED) is 0.309. The van der Waals surface area contributed by atoms with Crippen LogP contribution in [0.25, 0.3) is 0 Å². The summed E-state index contributed by atoms with van der Waals surface area (Å²) in [7, 11) is 0. The Kier molecular flexibility index (Phi) is 10.6. The number of carboxylic acids is 1. The highest BCUT2D eigenvalue weighted by molar-refractivity contribution is 5.66. The van der Waals surface area contributed by atoms with E-state index in [1.807, 2.05) is 12.2 Å². The first kappa shape index (κ1) is 25.2. The van der Waals surface area contributed by atoms with Gasteiger partial charge in [0.15, 0.2) is 10.8 Å². The third-order valence-corrected chi connectivity index (χ3v) is 6.29. The molecule has 0 amide bonds. The summed E-state index contributed by atoms with van der Waals surface area (Å²) < 4.78 is 0. The predicted molar refractivity (Wildman–Crippen MR) is 112 cm³/mol. The number of allylic oxidation sites excluding steroid dienone is 2. The van der Waals surface area contributed by atoms with Gasteiger partial charge in [-0.15, -0.1) is 0 Å². The maximum absolute atomic E-state index is 10.6. The van der Waals surface area contributed by atoms with E-state index in [-0.39, 0.29) is 6.42 Å². The minimum absolute atomic E-state index is 0.170. The first-order valence-corrected chi connectivity index (χ1v) is 11.0. The Balaban J connectivity index is 2.89. The average molecular weight is 409 g/mol. The molecule has 0 spiro atoms. The third-order valence-electron chi connectivity index (χ3n) is 6.29. The van der Waals surface area contributed by atoms with Crippen LogP contribution in [-0.2, 0) is 4.79 Å². The lowest BCUT2D eigenvalue weighted by Gasteiger charge is -2.43. The van der Waals surface area contributed by atoms with Crippen molar-refractivity contribution in [2.24, 2.45) is 22.7 Å². The van der Waals surface area contributed by atoms with Crippen molar-refractivity contribution in [2.75, 3.05) is 0 Å². The number of aliphatic carboxylic acids is 1. The summed E-state index contributed by atoms with van der Waals surface area (Å²) in [6.07, 6.45) is 13.2. The van der Waals surface area contributed by atoms with Crippen LogP contribution in [-0.4, -0.2) is 11.1 Å². The normalized spacial score (nSPS) is 21.0. The number of nitrogens with zero attached hydrogens (tertiary/aromatic N) is 4. The van der Waals surface area contributed by atoms with Gasteiger partial charge in [0, 0.05) is 18.3 Å². The SMILES string of the molecule is CCCCCCC1C=CC(CCCCCCCC(=O)O)C(C#N)(C#N)C1(C#N)C#N. The van der Waals surface area contributed by atoms with Crippen molar-refractivity contribution in [3.05, 3.63) is 12.2 Å². The fourth-order valence-corrected chi connectivity index (χ4v) is 4.46. The molecule has 1 aliphatic carbocycles. The van der Waals surface area contributed by atoms with Crippen LogP contribution >= 0.6 is 0 Å². The van der Waals surface area contributed by atoms with Gasteiger partial charge in [-0.2, -0.15) is 21.0 Å². The highest BCUT2D eigenvalue weighted by Gasteiger charge is 2.63. The Morgan fingerprint density at radius 2 is 1.17 bits per heavy atom. The van der Waals surface area contributed by atoms with Gasteiger partial charge < -0.3 is 5.11 Å². The first-order chi connectivity index (χ1) is 14.5. The van der Waals surface area contributed by atoms with Gasteiger partial charge in [-0.05, 0) is 19.3 Å². The fourth-order valence-electron chi connectivity index (χ4n) is 4.46. The van der Waals surface area contributed by atoms with Crippen LogP contribution in [0.15, 0.2) is 12.2 Å². The molecule has 1 rings (SSSR count). The van der Waals surface area contributed by atoms with Gasteiger partial charge in [0.2, 0.25) is 0 Å². The van der Waals surface area contributed by atoms with Gasteiger partial charge in [0.1, 0.15) is 0 Å². The summed E-state index contributed by atoms with van der Waals surface area (Å²) in [6, 6.07) is 8.38. The van der Waals surface area contributed by atoms with E-state index in [9.17, 15) is 25.8 Å². The van der Waals surface area contributed by atoms with Crippen LogP contribution in [0.3, 0.4) is 0 Å². The van der Waals surface area contributed by atoms with E-state index in [4.69, 9.17) is 5.11 Å². The van der Waals surface area contributed by atoms with E-state index in [1.54, 1.807) is 0 Å². The molecule has 0 heterocycles. The Bertz CT molecular complexity index is 732. The summed E-state index contributed by atoms with van der Waals surface area (Å²) in [6.45, 7) is 2.11. The molecule has 2 atom stereocenters. The molecule has 2 unspecified atom stereocenters. The van der Waals surface area contributed by atoms with Gasteiger partial charge in [-0.3, -0.25) is 4.79 Å². The van der Waals surface area contributed by atoms with E-state index in [0.29, 0.717) is 19.3 Å². The van der Waals surface area contributed by atoms with Crippen LogP contribution < -0.4 is 0 Å². The number of hydrogen-bond acceptors (Lipinski definition) is 5. The highest BCUT2D eigenvalue weighted by Crippen LogP contribution is 2.55. The molecular weight excluding hydrogens is 376 g/mol. The largest absolute Gasteiger partial charge is 0.481 e. The van der Waals surface area contributed by atoms with Crippen molar-refractivity contribution < 1.29 is 9.90 Å². The summed E-state index contributed by atoms with van der Waals surface area (Å²) in [4.78, 5) is 10.6. The number of carbonyl (C=O) groups is 1. The van der Waals surface area contributed by atoms with Crippen LogP contribution in [0.4, 0.5) is 0 Å². The summed E-state index contributed by atoms with van der Waals surface area (Å²) in [5.74, 6) is -1.67. The minimum atomic E-state index is -1.68.